The van der Waals surface area contributed by atoms with E-state index in [0.717, 1.165) is 27.3 Å². The Morgan fingerprint density at radius 1 is 1.08 bits per heavy atom. The van der Waals surface area contributed by atoms with Gasteiger partial charge in [0.2, 0.25) is 0 Å². The van der Waals surface area contributed by atoms with E-state index in [1.807, 2.05) is 18.2 Å². The molecule has 3 heteroatoms. The quantitative estimate of drug-likeness (QED) is 0.330. The average Bonchev–Trinajstić information content (AvgIpc) is 3.30. The number of furan rings is 1. The average molecular weight is 362 g/mol. The van der Waals surface area contributed by atoms with Crippen molar-refractivity contribution in [3.8, 4) is 11.3 Å². The minimum Gasteiger partial charge on any atom is -0.455 e. The minimum absolute atomic E-state index is 0.114. The summed E-state index contributed by atoms with van der Waals surface area (Å²) in [5.74, 6) is -1.08. The van der Waals surface area contributed by atoms with Crippen molar-refractivity contribution in [2.24, 2.45) is 0 Å². The smallest absolute Gasteiger partial charge is 0.144 e. The van der Waals surface area contributed by atoms with Gasteiger partial charge in [-0.2, -0.15) is 0 Å². The highest BCUT2D eigenvalue weighted by Gasteiger charge is 2.16. The van der Waals surface area contributed by atoms with Crippen molar-refractivity contribution in [3.05, 3.63) is 65.2 Å². The number of benzene rings is 2. The third-order valence-electron chi connectivity index (χ3n) is 4.81. The summed E-state index contributed by atoms with van der Waals surface area (Å²) in [6.07, 6.45) is 1.38. The number of para-hydroxylation sites is 1. The van der Waals surface area contributed by atoms with E-state index in [4.69, 9.17) is 9.90 Å². The fraction of sp³-hybridized carbons (Fsp3) is 0.174. The van der Waals surface area contributed by atoms with E-state index in [-0.39, 0.29) is 5.56 Å². The molecule has 0 saturated carbocycles. The molecular formula is C23H19NOS. The summed E-state index contributed by atoms with van der Waals surface area (Å²) in [6.45, 7) is 1.06. The lowest BCUT2D eigenvalue weighted by Gasteiger charge is -2.11. The zero-order chi connectivity index (χ0) is 21.3. The van der Waals surface area contributed by atoms with E-state index in [2.05, 4.69) is 28.6 Å². The molecule has 0 N–H and O–H groups in total. The van der Waals surface area contributed by atoms with Crippen LogP contribution in [0.3, 0.4) is 0 Å². The number of rotatable bonds is 2. The lowest BCUT2D eigenvalue weighted by molar-refractivity contribution is 0.673. The summed E-state index contributed by atoms with van der Waals surface area (Å²) in [5, 5.41) is 5.16. The molecule has 5 aromatic rings. The maximum Gasteiger partial charge on any atom is 0.144 e. The molecule has 0 aliphatic rings. The van der Waals surface area contributed by atoms with Crippen LogP contribution in [-0.2, 0) is 0 Å². The monoisotopic (exact) mass is 361 g/mol. The zero-order valence-electron chi connectivity index (χ0n) is 18.5. The van der Waals surface area contributed by atoms with Crippen LogP contribution >= 0.6 is 11.3 Å². The third kappa shape index (κ3) is 2.20. The first-order chi connectivity index (χ1) is 14.1. The first-order valence-electron chi connectivity index (χ1n) is 10.5. The predicted molar refractivity (Wildman–Crippen MR) is 111 cm³/mol. The van der Waals surface area contributed by atoms with E-state index in [1.54, 1.807) is 31.3 Å². The molecule has 3 aromatic heterocycles. The van der Waals surface area contributed by atoms with Crippen molar-refractivity contribution >= 4 is 43.4 Å². The van der Waals surface area contributed by atoms with Gasteiger partial charge < -0.3 is 4.42 Å². The van der Waals surface area contributed by atoms with E-state index in [0.29, 0.717) is 16.8 Å². The molecule has 0 amide bonds. The lowest BCUT2D eigenvalue weighted by atomic mass is 9.97. The summed E-state index contributed by atoms with van der Waals surface area (Å²) < 4.78 is 39.5. The first-order valence-corrected chi connectivity index (χ1v) is 9.35. The topological polar surface area (TPSA) is 26.0 Å². The summed E-state index contributed by atoms with van der Waals surface area (Å²) in [6, 6.07) is 13.9. The van der Waals surface area contributed by atoms with Crippen LogP contribution in [0.1, 0.15) is 36.4 Å². The molecule has 0 spiro atoms. The number of hydrogen-bond donors (Lipinski definition) is 0. The van der Waals surface area contributed by atoms with Crippen LogP contribution in [0.2, 0.25) is 0 Å². The van der Waals surface area contributed by atoms with Crippen molar-refractivity contribution in [2.45, 2.75) is 26.6 Å². The van der Waals surface area contributed by atoms with Crippen LogP contribution in [0, 0.1) is 6.85 Å². The Morgan fingerprint density at radius 3 is 2.81 bits per heavy atom. The standard InChI is InChI=1S/C23H19NOS/c1-13(2)19-11-20(24-12-14(19)3)17-6-4-5-15-16-7-8-21-18(9-10-26-21)23(16)25-22(15)17/h4-13H,1-3H3/i3D3,13D. The number of hydrogen-bond acceptors (Lipinski definition) is 3. The fourth-order valence-corrected chi connectivity index (χ4v) is 4.30. The van der Waals surface area contributed by atoms with Crippen LogP contribution in [-0.4, -0.2) is 4.98 Å². The largest absolute Gasteiger partial charge is 0.455 e. The molecule has 0 unspecified atom stereocenters. The highest BCUT2D eigenvalue weighted by Crippen LogP contribution is 2.39. The molecule has 3 heterocycles. The molecule has 0 bridgehead atoms. The predicted octanol–water partition coefficient (Wildman–Crippen LogP) is 7.29. The number of aryl methyl sites for hydroxylation is 1. The summed E-state index contributed by atoms with van der Waals surface area (Å²) in [7, 11) is 0. The zero-order valence-corrected chi connectivity index (χ0v) is 15.3. The van der Waals surface area contributed by atoms with Gasteiger partial charge in [-0.3, -0.25) is 4.98 Å². The van der Waals surface area contributed by atoms with Gasteiger partial charge in [0.05, 0.1) is 5.69 Å². The summed E-state index contributed by atoms with van der Waals surface area (Å²) in [4.78, 5) is 4.46. The summed E-state index contributed by atoms with van der Waals surface area (Å²) in [5.41, 5.74) is 3.51. The van der Waals surface area contributed by atoms with Crippen molar-refractivity contribution in [1.82, 2.24) is 4.98 Å². The normalized spacial score (nSPS) is 15.2. The van der Waals surface area contributed by atoms with Crippen molar-refractivity contribution in [2.75, 3.05) is 0 Å². The highest BCUT2D eigenvalue weighted by atomic mass is 32.1. The van der Waals surface area contributed by atoms with Crippen molar-refractivity contribution in [3.63, 3.8) is 0 Å². The van der Waals surface area contributed by atoms with Crippen LogP contribution in [0.5, 0.6) is 0 Å². The van der Waals surface area contributed by atoms with Crippen molar-refractivity contribution in [1.29, 1.82) is 0 Å². The Hall–Kier alpha value is -2.65. The second kappa shape index (κ2) is 5.68. The second-order valence-corrected chi connectivity index (χ2v) is 7.62. The number of thiophene rings is 1. The first kappa shape index (κ1) is 11.9. The van der Waals surface area contributed by atoms with Crippen LogP contribution in [0.25, 0.3) is 43.3 Å². The number of aromatic nitrogens is 1. The van der Waals surface area contributed by atoms with Crippen LogP contribution < -0.4 is 0 Å². The van der Waals surface area contributed by atoms with Gasteiger partial charge >= 0.3 is 0 Å². The lowest BCUT2D eigenvalue weighted by Crippen LogP contribution is -1.95. The highest BCUT2D eigenvalue weighted by molar-refractivity contribution is 7.17. The van der Waals surface area contributed by atoms with E-state index in [9.17, 15) is 0 Å². The molecule has 0 aliphatic heterocycles. The Kier molecular flexibility index (Phi) is 2.59. The molecule has 0 saturated heterocycles. The molecule has 0 fully saturated rings. The van der Waals surface area contributed by atoms with Gasteiger partial charge in [0.15, 0.2) is 0 Å². The maximum absolute atomic E-state index is 8.48. The van der Waals surface area contributed by atoms with Gasteiger partial charge in [0, 0.05) is 38.1 Å². The summed E-state index contributed by atoms with van der Waals surface area (Å²) >= 11 is 1.67. The van der Waals surface area contributed by atoms with Gasteiger partial charge in [-0.25, -0.2) is 0 Å². The number of nitrogens with zero attached hydrogens (tertiary/aromatic N) is 1. The Morgan fingerprint density at radius 2 is 1.96 bits per heavy atom. The molecule has 2 nitrogen and oxygen atoms in total. The van der Waals surface area contributed by atoms with Gasteiger partial charge in [0.1, 0.15) is 11.2 Å². The second-order valence-electron chi connectivity index (χ2n) is 6.67. The Bertz CT molecular complexity index is 1420. The van der Waals surface area contributed by atoms with E-state index in [1.165, 1.54) is 10.9 Å². The molecular weight excluding hydrogens is 338 g/mol. The molecule has 5 rings (SSSR count). The number of pyridine rings is 1. The van der Waals surface area contributed by atoms with E-state index < -0.39 is 12.7 Å². The SMILES string of the molecule is [2H]C([2H])([2H])c1cnc(-c2cccc3c2oc2c4ccsc4ccc32)cc1C([2H])(C)C. The molecule has 26 heavy (non-hydrogen) atoms. The Balaban J connectivity index is 1.80. The van der Waals surface area contributed by atoms with Gasteiger partial charge in [-0.15, -0.1) is 11.3 Å². The minimum atomic E-state index is -2.32. The number of fused-ring (bicyclic) bond motifs is 5. The Labute approximate surface area is 161 Å². The molecule has 0 atom stereocenters. The third-order valence-corrected chi connectivity index (χ3v) is 5.70. The van der Waals surface area contributed by atoms with Gasteiger partial charge in [-0.05, 0) is 59.6 Å². The molecule has 0 aliphatic carbocycles. The fourth-order valence-electron chi connectivity index (χ4n) is 3.52. The van der Waals surface area contributed by atoms with Crippen molar-refractivity contribution < 1.29 is 9.90 Å². The maximum atomic E-state index is 8.48. The van der Waals surface area contributed by atoms with Gasteiger partial charge in [0.25, 0.3) is 0 Å². The van der Waals surface area contributed by atoms with E-state index >= 15 is 0 Å². The van der Waals surface area contributed by atoms with Crippen LogP contribution in [0.15, 0.2) is 58.5 Å². The van der Waals surface area contributed by atoms with Gasteiger partial charge in [-0.1, -0.05) is 26.0 Å². The molecule has 2 aromatic carbocycles. The molecule has 0 radical (unpaired) electrons. The molecule has 128 valence electrons. The van der Waals surface area contributed by atoms with Crippen LogP contribution in [0.4, 0.5) is 0 Å².